The molecule has 0 fully saturated rings. The van der Waals surface area contributed by atoms with Gasteiger partial charge in [-0.2, -0.15) is 0 Å². The van der Waals surface area contributed by atoms with Gasteiger partial charge in [0.15, 0.2) is 9.84 Å². The van der Waals surface area contributed by atoms with Crippen molar-refractivity contribution in [2.75, 3.05) is 0 Å². The molecule has 17 heavy (non-hydrogen) atoms. The van der Waals surface area contributed by atoms with Crippen LogP contribution in [-0.2, 0) is 15.6 Å². The lowest BCUT2D eigenvalue weighted by Crippen LogP contribution is -2.36. The lowest BCUT2D eigenvalue weighted by atomic mass is 10.1. The van der Waals surface area contributed by atoms with E-state index in [0.29, 0.717) is 0 Å². The standard InChI is InChI=1S/C13H20O3S/c1-11(14)9-13(2,3)17(15,16)10-12-7-5-4-6-8-12/h4-8,11,14H,9-10H2,1-3H3. The Labute approximate surface area is 103 Å². The lowest BCUT2D eigenvalue weighted by Gasteiger charge is -2.26. The zero-order valence-electron chi connectivity index (χ0n) is 10.6. The first-order chi connectivity index (χ1) is 7.74. The normalized spacial score (nSPS) is 14.6. The van der Waals surface area contributed by atoms with Crippen LogP contribution in [0.25, 0.3) is 0 Å². The molecule has 3 nitrogen and oxygen atoms in total. The SMILES string of the molecule is CC(O)CC(C)(C)S(=O)(=O)Cc1ccccc1. The second-order valence-electron chi connectivity index (χ2n) is 5.06. The van der Waals surface area contributed by atoms with Crippen LogP contribution in [0.1, 0.15) is 32.8 Å². The van der Waals surface area contributed by atoms with Gasteiger partial charge in [-0.05, 0) is 32.8 Å². The summed E-state index contributed by atoms with van der Waals surface area (Å²) in [7, 11) is -3.27. The van der Waals surface area contributed by atoms with Crippen LogP contribution in [-0.4, -0.2) is 24.4 Å². The van der Waals surface area contributed by atoms with E-state index in [0.717, 1.165) is 5.56 Å². The molecule has 0 aliphatic heterocycles. The van der Waals surface area contributed by atoms with Gasteiger partial charge in [0.05, 0.1) is 16.6 Å². The van der Waals surface area contributed by atoms with Crippen molar-refractivity contribution in [3.05, 3.63) is 35.9 Å². The van der Waals surface area contributed by atoms with Crippen LogP contribution in [0.5, 0.6) is 0 Å². The van der Waals surface area contributed by atoms with Gasteiger partial charge in [0.25, 0.3) is 0 Å². The van der Waals surface area contributed by atoms with Crippen molar-refractivity contribution in [2.24, 2.45) is 0 Å². The fraction of sp³-hybridized carbons (Fsp3) is 0.538. The van der Waals surface area contributed by atoms with Crippen molar-refractivity contribution >= 4 is 9.84 Å². The Bertz CT molecular complexity index is 447. The van der Waals surface area contributed by atoms with Crippen molar-refractivity contribution in [3.8, 4) is 0 Å². The highest BCUT2D eigenvalue weighted by Crippen LogP contribution is 2.26. The fourth-order valence-electron chi connectivity index (χ4n) is 1.83. The summed E-state index contributed by atoms with van der Waals surface area (Å²) in [6, 6.07) is 9.11. The first kappa shape index (κ1) is 14.2. The van der Waals surface area contributed by atoms with Gasteiger partial charge in [-0.3, -0.25) is 0 Å². The predicted molar refractivity (Wildman–Crippen MR) is 69.4 cm³/mol. The summed E-state index contributed by atoms with van der Waals surface area (Å²) in [4.78, 5) is 0. The highest BCUT2D eigenvalue weighted by Gasteiger charge is 2.35. The third kappa shape index (κ3) is 3.82. The zero-order chi connectivity index (χ0) is 13.1. The molecule has 1 unspecified atom stereocenters. The summed E-state index contributed by atoms with van der Waals surface area (Å²) in [6.45, 7) is 4.94. The Kier molecular flexibility index (Phi) is 4.33. The summed E-state index contributed by atoms with van der Waals surface area (Å²) < 4.78 is 23.6. The van der Waals surface area contributed by atoms with E-state index in [4.69, 9.17) is 0 Å². The van der Waals surface area contributed by atoms with Crippen LogP contribution in [0, 0.1) is 0 Å². The van der Waals surface area contributed by atoms with Crippen molar-refractivity contribution in [1.82, 2.24) is 0 Å². The lowest BCUT2D eigenvalue weighted by molar-refractivity contribution is 0.172. The molecule has 96 valence electrons. The van der Waals surface area contributed by atoms with Crippen LogP contribution in [0.2, 0.25) is 0 Å². The molecular weight excluding hydrogens is 236 g/mol. The molecule has 0 spiro atoms. The average molecular weight is 256 g/mol. The Morgan fingerprint density at radius 2 is 1.76 bits per heavy atom. The predicted octanol–water partition coefficient (Wildman–Crippen LogP) is 2.15. The van der Waals surface area contributed by atoms with E-state index in [1.807, 2.05) is 18.2 Å². The van der Waals surface area contributed by atoms with Crippen LogP contribution in [0.15, 0.2) is 30.3 Å². The number of benzene rings is 1. The topological polar surface area (TPSA) is 54.4 Å². The van der Waals surface area contributed by atoms with E-state index < -0.39 is 20.7 Å². The third-order valence-electron chi connectivity index (χ3n) is 2.83. The van der Waals surface area contributed by atoms with Gasteiger partial charge in [-0.15, -0.1) is 0 Å². The van der Waals surface area contributed by atoms with Gasteiger partial charge in [0, 0.05) is 0 Å². The Morgan fingerprint density at radius 1 is 1.24 bits per heavy atom. The van der Waals surface area contributed by atoms with Crippen molar-refractivity contribution in [3.63, 3.8) is 0 Å². The van der Waals surface area contributed by atoms with E-state index >= 15 is 0 Å². The van der Waals surface area contributed by atoms with Gasteiger partial charge in [0.1, 0.15) is 0 Å². The second kappa shape index (κ2) is 5.19. The third-order valence-corrected chi connectivity index (χ3v) is 5.39. The molecule has 0 saturated carbocycles. The highest BCUT2D eigenvalue weighted by atomic mass is 32.2. The van der Waals surface area contributed by atoms with E-state index in [1.165, 1.54) is 0 Å². The minimum atomic E-state index is -3.27. The van der Waals surface area contributed by atoms with Crippen molar-refractivity contribution < 1.29 is 13.5 Å². The van der Waals surface area contributed by atoms with Gasteiger partial charge >= 0.3 is 0 Å². The summed E-state index contributed by atoms with van der Waals surface area (Å²) in [5.74, 6) is 0.0214. The molecule has 0 heterocycles. The van der Waals surface area contributed by atoms with Gasteiger partial charge in [-0.1, -0.05) is 30.3 Å². The fourth-order valence-corrected chi connectivity index (χ4v) is 3.34. The number of sulfone groups is 1. The van der Waals surface area contributed by atoms with Gasteiger partial charge < -0.3 is 5.11 Å². The molecule has 0 saturated heterocycles. The number of rotatable bonds is 5. The minimum Gasteiger partial charge on any atom is -0.393 e. The van der Waals surface area contributed by atoms with Crippen molar-refractivity contribution in [1.29, 1.82) is 0 Å². The molecule has 0 aromatic heterocycles. The monoisotopic (exact) mass is 256 g/mol. The summed E-state index contributed by atoms with van der Waals surface area (Å²) in [5.41, 5.74) is 0.783. The van der Waals surface area contributed by atoms with E-state index in [2.05, 4.69) is 0 Å². The molecule has 0 bridgehead atoms. The van der Waals surface area contributed by atoms with Crippen molar-refractivity contribution in [2.45, 2.75) is 43.8 Å². The first-order valence-electron chi connectivity index (χ1n) is 5.69. The average Bonchev–Trinajstić information content (AvgIpc) is 2.16. The number of hydrogen-bond acceptors (Lipinski definition) is 3. The minimum absolute atomic E-state index is 0.0214. The maximum Gasteiger partial charge on any atom is 0.159 e. The van der Waals surface area contributed by atoms with Gasteiger partial charge in [-0.25, -0.2) is 8.42 Å². The molecule has 1 atom stereocenters. The molecule has 1 rings (SSSR count). The second-order valence-corrected chi connectivity index (χ2v) is 7.68. The molecule has 1 N–H and O–H groups in total. The molecule has 0 aliphatic carbocycles. The van der Waals surface area contributed by atoms with E-state index in [9.17, 15) is 13.5 Å². The maximum absolute atomic E-state index is 12.2. The van der Waals surface area contributed by atoms with Crippen LogP contribution >= 0.6 is 0 Å². The molecule has 0 radical (unpaired) electrons. The van der Waals surface area contributed by atoms with Crippen LogP contribution in [0.3, 0.4) is 0 Å². The summed E-state index contributed by atoms with van der Waals surface area (Å²) in [6.07, 6.45) is -0.363. The van der Waals surface area contributed by atoms with Crippen LogP contribution in [0.4, 0.5) is 0 Å². The summed E-state index contributed by atoms with van der Waals surface area (Å²) >= 11 is 0. The zero-order valence-corrected chi connectivity index (χ0v) is 11.4. The molecule has 4 heteroatoms. The number of aliphatic hydroxyl groups is 1. The molecule has 0 amide bonds. The largest absolute Gasteiger partial charge is 0.393 e. The van der Waals surface area contributed by atoms with Gasteiger partial charge in [0.2, 0.25) is 0 Å². The Morgan fingerprint density at radius 3 is 2.24 bits per heavy atom. The molecule has 0 aliphatic rings. The van der Waals surface area contributed by atoms with E-state index in [-0.39, 0.29) is 12.2 Å². The Balaban J connectivity index is 2.89. The highest BCUT2D eigenvalue weighted by molar-refractivity contribution is 7.92. The first-order valence-corrected chi connectivity index (χ1v) is 7.34. The molecular formula is C13H20O3S. The molecule has 1 aromatic rings. The summed E-state index contributed by atoms with van der Waals surface area (Å²) in [5, 5.41) is 9.35. The Hall–Kier alpha value is -0.870. The maximum atomic E-state index is 12.2. The molecule has 1 aromatic carbocycles. The van der Waals surface area contributed by atoms with E-state index in [1.54, 1.807) is 32.9 Å². The number of hydrogen-bond donors (Lipinski definition) is 1. The smallest absolute Gasteiger partial charge is 0.159 e. The van der Waals surface area contributed by atoms with Crippen LogP contribution < -0.4 is 0 Å². The number of aliphatic hydroxyl groups excluding tert-OH is 1. The quantitative estimate of drug-likeness (QED) is 0.878.